The Morgan fingerprint density at radius 1 is 0.789 bits per heavy atom. The molecule has 38 heavy (non-hydrogen) atoms. The Balaban J connectivity index is 0.000000211. The molecule has 6 heteroatoms. The van der Waals surface area contributed by atoms with Gasteiger partial charge in [-0.25, -0.2) is 0 Å². The third-order valence-corrected chi connectivity index (χ3v) is 8.92. The van der Waals surface area contributed by atoms with E-state index in [0.29, 0.717) is 16.9 Å². The maximum absolute atomic E-state index is 11.4. The Kier molecular flexibility index (Phi) is 9.00. The Labute approximate surface area is 234 Å². The molecule has 1 unspecified atom stereocenters. The summed E-state index contributed by atoms with van der Waals surface area (Å²) in [5, 5.41) is 21.8. The van der Waals surface area contributed by atoms with Gasteiger partial charge in [-0.3, -0.25) is 9.59 Å². The van der Waals surface area contributed by atoms with Gasteiger partial charge in [0.25, 0.3) is 0 Å². The number of hydrogen-bond donors (Lipinski definition) is 2. The summed E-state index contributed by atoms with van der Waals surface area (Å²) in [4.78, 5) is 23.5. The molecular formula is C32H38O4S2. The average Bonchev–Trinajstić information content (AvgIpc) is 3.41. The Morgan fingerprint density at radius 2 is 1.29 bits per heavy atom. The van der Waals surface area contributed by atoms with Gasteiger partial charge in [0.1, 0.15) is 11.5 Å². The summed E-state index contributed by atoms with van der Waals surface area (Å²) in [6.45, 7) is 16.0. The first-order valence-electron chi connectivity index (χ1n) is 12.7. The number of aromatic hydroxyl groups is 1. The zero-order valence-corrected chi connectivity index (χ0v) is 25.1. The number of ketones is 2. The molecule has 2 heterocycles. The largest absolute Gasteiger partial charge is 0.510 e. The summed E-state index contributed by atoms with van der Waals surface area (Å²) in [5.74, 6) is 0.805. The first kappa shape index (κ1) is 29.7. The lowest BCUT2D eigenvalue weighted by atomic mass is 9.86. The highest BCUT2D eigenvalue weighted by Gasteiger charge is 2.29. The molecule has 4 rings (SSSR count). The van der Waals surface area contributed by atoms with Gasteiger partial charge >= 0.3 is 0 Å². The number of rotatable bonds is 4. The second-order valence-corrected chi connectivity index (χ2v) is 13.7. The quantitative estimate of drug-likeness (QED) is 0.318. The van der Waals surface area contributed by atoms with Crippen molar-refractivity contribution in [1.82, 2.24) is 0 Å². The smallest absolute Gasteiger partial charge is 0.164 e. The maximum Gasteiger partial charge on any atom is 0.164 e. The van der Waals surface area contributed by atoms with Crippen molar-refractivity contribution in [2.75, 3.05) is 5.75 Å². The molecule has 202 valence electrons. The molecule has 2 N–H and O–H groups in total. The van der Waals surface area contributed by atoms with Crippen LogP contribution >= 0.6 is 23.1 Å². The Hall–Kier alpha value is -2.83. The van der Waals surface area contributed by atoms with E-state index in [9.17, 15) is 19.8 Å². The summed E-state index contributed by atoms with van der Waals surface area (Å²) in [5.41, 5.74) is 5.74. The number of aliphatic hydroxyl groups is 1. The van der Waals surface area contributed by atoms with E-state index in [1.165, 1.54) is 36.3 Å². The van der Waals surface area contributed by atoms with Gasteiger partial charge in [0, 0.05) is 16.7 Å². The molecule has 0 saturated heterocycles. The minimum absolute atomic E-state index is 0.0289. The molecule has 3 aromatic rings. The number of carbonyl (C=O) groups is 2. The van der Waals surface area contributed by atoms with E-state index in [-0.39, 0.29) is 39.2 Å². The lowest BCUT2D eigenvalue weighted by Gasteiger charge is -2.20. The monoisotopic (exact) mass is 550 g/mol. The van der Waals surface area contributed by atoms with Crippen molar-refractivity contribution >= 4 is 34.7 Å². The topological polar surface area (TPSA) is 74.6 Å². The number of benzene rings is 2. The van der Waals surface area contributed by atoms with Crippen molar-refractivity contribution in [2.24, 2.45) is 0 Å². The lowest BCUT2D eigenvalue weighted by molar-refractivity contribution is -0.113. The van der Waals surface area contributed by atoms with Crippen LogP contribution in [0.1, 0.15) is 87.7 Å². The third-order valence-electron chi connectivity index (χ3n) is 6.61. The number of Topliss-reactive ketones (excluding diaryl/α,β-unsaturated/α-hetero) is 2. The van der Waals surface area contributed by atoms with Crippen LogP contribution < -0.4 is 0 Å². The highest BCUT2D eigenvalue weighted by Crippen LogP contribution is 2.43. The molecule has 1 aromatic heterocycles. The number of hydrogen-bond acceptors (Lipinski definition) is 6. The number of thioether (sulfide) groups is 1. The SMILES string of the molecule is CC(=O)C1=C(O)C(c2ccc(C(C)(C)C)cc2)SC1.CC(=O)c1csc(-c2ccc(C(C)(C)C)cc2)c1O. The van der Waals surface area contributed by atoms with E-state index in [0.717, 1.165) is 16.0 Å². The second-order valence-electron chi connectivity index (χ2n) is 11.7. The fraction of sp³-hybridized carbons (Fsp3) is 0.375. The lowest BCUT2D eigenvalue weighted by Crippen LogP contribution is -2.11. The summed E-state index contributed by atoms with van der Waals surface area (Å²) < 4.78 is 0. The van der Waals surface area contributed by atoms with Crippen LogP contribution in [0.5, 0.6) is 5.75 Å². The van der Waals surface area contributed by atoms with Gasteiger partial charge in [0.05, 0.1) is 15.7 Å². The second kappa shape index (κ2) is 11.5. The van der Waals surface area contributed by atoms with Crippen LogP contribution in [0.15, 0.2) is 65.2 Å². The van der Waals surface area contributed by atoms with Crippen LogP contribution in [0.2, 0.25) is 0 Å². The minimum Gasteiger partial charge on any atom is -0.510 e. The number of thiophene rings is 1. The van der Waals surface area contributed by atoms with Crippen molar-refractivity contribution in [3.05, 3.63) is 87.5 Å². The van der Waals surface area contributed by atoms with E-state index < -0.39 is 0 Å². The number of aliphatic hydroxyl groups excluding tert-OH is 1. The normalized spacial score (nSPS) is 15.7. The highest BCUT2D eigenvalue weighted by molar-refractivity contribution is 8.00. The third kappa shape index (κ3) is 6.78. The first-order valence-corrected chi connectivity index (χ1v) is 14.6. The van der Waals surface area contributed by atoms with Crippen molar-refractivity contribution in [3.63, 3.8) is 0 Å². The van der Waals surface area contributed by atoms with Crippen molar-refractivity contribution in [2.45, 2.75) is 71.5 Å². The molecular weight excluding hydrogens is 512 g/mol. The van der Waals surface area contributed by atoms with E-state index >= 15 is 0 Å². The molecule has 0 amide bonds. The summed E-state index contributed by atoms with van der Waals surface area (Å²) in [6, 6.07) is 16.5. The average molecular weight is 551 g/mol. The van der Waals surface area contributed by atoms with Gasteiger partial charge < -0.3 is 10.2 Å². The molecule has 0 saturated carbocycles. The maximum atomic E-state index is 11.4. The van der Waals surface area contributed by atoms with Gasteiger partial charge in [-0.2, -0.15) is 0 Å². The molecule has 2 aromatic carbocycles. The zero-order chi connectivity index (χ0) is 28.4. The van der Waals surface area contributed by atoms with Crippen LogP contribution in [0.25, 0.3) is 10.4 Å². The van der Waals surface area contributed by atoms with Gasteiger partial charge in [0.15, 0.2) is 11.6 Å². The predicted octanol–water partition coefficient (Wildman–Crippen LogP) is 8.79. The van der Waals surface area contributed by atoms with Crippen LogP contribution in [-0.4, -0.2) is 27.5 Å². The molecule has 1 aliphatic rings. The molecule has 0 fully saturated rings. The first-order chi connectivity index (χ1) is 17.6. The molecule has 0 aliphatic carbocycles. The van der Waals surface area contributed by atoms with Crippen molar-refractivity contribution in [1.29, 1.82) is 0 Å². The predicted molar refractivity (Wildman–Crippen MR) is 161 cm³/mol. The molecule has 0 radical (unpaired) electrons. The Morgan fingerprint density at radius 3 is 1.68 bits per heavy atom. The molecule has 4 nitrogen and oxygen atoms in total. The molecule has 1 atom stereocenters. The van der Waals surface area contributed by atoms with Gasteiger partial charge in [-0.15, -0.1) is 23.1 Å². The van der Waals surface area contributed by atoms with Gasteiger partial charge in [-0.05, 0) is 46.9 Å². The van der Waals surface area contributed by atoms with Crippen LogP contribution in [0.4, 0.5) is 0 Å². The summed E-state index contributed by atoms with van der Waals surface area (Å²) in [6.07, 6.45) is 0. The minimum atomic E-state index is -0.105. The molecule has 0 spiro atoms. The van der Waals surface area contributed by atoms with Crippen molar-refractivity contribution in [3.8, 4) is 16.2 Å². The number of carbonyl (C=O) groups excluding carboxylic acids is 2. The van der Waals surface area contributed by atoms with Gasteiger partial charge in [-0.1, -0.05) is 90.1 Å². The standard InChI is InChI=1S/C16H20O2S.C16H18O2S/c2*1-10(17)13-9-19-15(14(13)18)11-5-7-12(8-6-11)16(2,3)4/h5-8,15,18H,9H2,1-4H3;5-9,18H,1-4H3. The summed E-state index contributed by atoms with van der Waals surface area (Å²) >= 11 is 3.01. The fourth-order valence-electron chi connectivity index (χ4n) is 4.10. The summed E-state index contributed by atoms with van der Waals surface area (Å²) in [7, 11) is 0. The van der Waals surface area contributed by atoms with E-state index in [1.807, 2.05) is 12.1 Å². The van der Waals surface area contributed by atoms with Crippen LogP contribution in [0, 0.1) is 0 Å². The van der Waals surface area contributed by atoms with Crippen LogP contribution in [-0.2, 0) is 15.6 Å². The molecule has 0 bridgehead atoms. The van der Waals surface area contributed by atoms with E-state index in [4.69, 9.17) is 0 Å². The van der Waals surface area contributed by atoms with E-state index in [1.54, 1.807) is 17.1 Å². The van der Waals surface area contributed by atoms with E-state index in [2.05, 4.69) is 77.9 Å². The zero-order valence-electron chi connectivity index (χ0n) is 23.5. The Bertz CT molecular complexity index is 1330. The van der Waals surface area contributed by atoms with Gasteiger partial charge in [0.2, 0.25) is 0 Å². The van der Waals surface area contributed by atoms with Crippen molar-refractivity contribution < 1.29 is 19.8 Å². The molecule has 1 aliphatic heterocycles. The highest BCUT2D eigenvalue weighted by atomic mass is 32.2. The fourth-order valence-corrected chi connectivity index (χ4v) is 6.44. The van der Waals surface area contributed by atoms with Crippen LogP contribution in [0.3, 0.4) is 0 Å².